The van der Waals surface area contributed by atoms with E-state index >= 15 is 0 Å². The summed E-state index contributed by atoms with van der Waals surface area (Å²) in [5.74, 6) is 0.248. The van der Waals surface area contributed by atoms with Gasteiger partial charge in [-0.2, -0.15) is 0 Å². The van der Waals surface area contributed by atoms with E-state index in [0.717, 1.165) is 12.2 Å². The Hall–Kier alpha value is -2.29. The Morgan fingerprint density at radius 1 is 1.16 bits per heavy atom. The largest absolute Gasteiger partial charge is 0.427 e. The average Bonchev–Trinajstić information content (AvgIpc) is 2.37. The van der Waals surface area contributed by atoms with Gasteiger partial charge in [-0.1, -0.05) is 30.3 Å². The molecule has 19 heavy (non-hydrogen) atoms. The number of benzene rings is 2. The van der Waals surface area contributed by atoms with Gasteiger partial charge in [-0.05, 0) is 30.2 Å². The molecule has 0 aromatic heterocycles. The van der Waals surface area contributed by atoms with Gasteiger partial charge in [0.05, 0.1) is 0 Å². The van der Waals surface area contributed by atoms with Crippen molar-refractivity contribution in [2.24, 2.45) is 0 Å². The first-order valence-corrected chi connectivity index (χ1v) is 6.22. The van der Waals surface area contributed by atoms with Gasteiger partial charge in [0.1, 0.15) is 5.75 Å². The fourth-order valence-electron chi connectivity index (χ4n) is 1.84. The molecule has 3 nitrogen and oxygen atoms in total. The maximum Gasteiger partial charge on any atom is 0.308 e. The first-order chi connectivity index (χ1) is 9.15. The molecule has 0 spiro atoms. The third-order valence-corrected chi connectivity index (χ3v) is 2.84. The van der Waals surface area contributed by atoms with Crippen LogP contribution in [0.15, 0.2) is 48.5 Å². The number of carbonyl (C=O) groups is 1. The molecule has 0 heterocycles. The minimum atomic E-state index is -0.309. The van der Waals surface area contributed by atoms with Gasteiger partial charge in [-0.15, -0.1) is 0 Å². The first kappa shape index (κ1) is 13.1. The fraction of sp³-hybridized carbons (Fsp3) is 0.188. The summed E-state index contributed by atoms with van der Waals surface area (Å²) in [6.07, 6.45) is 0. The van der Waals surface area contributed by atoms with Crippen molar-refractivity contribution in [2.75, 3.05) is 5.32 Å². The number of aryl methyl sites for hydroxylation is 1. The summed E-state index contributed by atoms with van der Waals surface area (Å²) in [4.78, 5) is 10.9. The number of hydrogen-bond donors (Lipinski definition) is 1. The van der Waals surface area contributed by atoms with Gasteiger partial charge < -0.3 is 10.1 Å². The number of anilines is 1. The van der Waals surface area contributed by atoms with E-state index in [1.807, 2.05) is 30.3 Å². The van der Waals surface area contributed by atoms with E-state index in [4.69, 9.17) is 4.74 Å². The van der Waals surface area contributed by atoms with Gasteiger partial charge in [0.15, 0.2) is 0 Å². The van der Waals surface area contributed by atoms with Gasteiger partial charge in [-0.25, -0.2) is 0 Å². The normalized spacial score (nSPS) is 10.0. The highest BCUT2D eigenvalue weighted by Crippen LogP contribution is 2.18. The van der Waals surface area contributed by atoms with Gasteiger partial charge in [0.25, 0.3) is 0 Å². The monoisotopic (exact) mass is 255 g/mol. The molecule has 0 atom stereocenters. The van der Waals surface area contributed by atoms with Crippen LogP contribution in [0.2, 0.25) is 0 Å². The lowest BCUT2D eigenvalue weighted by molar-refractivity contribution is -0.131. The van der Waals surface area contributed by atoms with Crippen LogP contribution in [-0.2, 0) is 11.3 Å². The standard InChI is InChI=1S/C16H17NO2/c1-12-6-3-4-7-14(12)11-17-15-8-5-9-16(10-15)19-13(2)18/h3-10,17H,11H2,1-2H3. The van der Waals surface area contributed by atoms with Crippen LogP contribution in [-0.4, -0.2) is 5.97 Å². The van der Waals surface area contributed by atoms with Crippen LogP contribution < -0.4 is 10.1 Å². The summed E-state index contributed by atoms with van der Waals surface area (Å²) in [7, 11) is 0. The zero-order valence-corrected chi connectivity index (χ0v) is 11.1. The second kappa shape index (κ2) is 6.05. The number of nitrogens with one attached hydrogen (secondary N) is 1. The molecule has 2 aromatic rings. The molecule has 0 radical (unpaired) electrons. The van der Waals surface area contributed by atoms with Crippen molar-refractivity contribution < 1.29 is 9.53 Å². The molecule has 0 aliphatic rings. The van der Waals surface area contributed by atoms with Crippen molar-refractivity contribution in [1.82, 2.24) is 0 Å². The third kappa shape index (κ3) is 3.85. The molecule has 0 fully saturated rings. The third-order valence-electron chi connectivity index (χ3n) is 2.84. The van der Waals surface area contributed by atoms with Crippen molar-refractivity contribution in [1.29, 1.82) is 0 Å². The molecule has 3 heteroatoms. The summed E-state index contributed by atoms with van der Waals surface area (Å²) in [6, 6.07) is 15.6. The predicted molar refractivity (Wildman–Crippen MR) is 76.3 cm³/mol. The number of esters is 1. The highest BCUT2D eigenvalue weighted by molar-refractivity contribution is 5.69. The molecule has 0 saturated heterocycles. The Labute approximate surface area is 113 Å². The maximum absolute atomic E-state index is 10.9. The van der Waals surface area contributed by atoms with E-state index in [1.165, 1.54) is 18.1 Å². The topological polar surface area (TPSA) is 38.3 Å². The molecule has 1 N–H and O–H groups in total. The Bertz CT molecular complexity index is 578. The van der Waals surface area contributed by atoms with Gasteiger partial charge in [-0.3, -0.25) is 4.79 Å². The first-order valence-electron chi connectivity index (χ1n) is 6.22. The van der Waals surface area contributed by atoms with E-state index < -0.39 is 0 Å². The molecule has 0 aliphatic heterocycles. The van der Waals surface area contributed by atoms with E-state index in [-0.39, 0.29) is 5.97 Å². The maximum atomic E-state index is 10.9. The molecule has 0 unspecified atom stereocenters. The van der Waals surface area contributed by atoms with Crippen LogP contribution in [0.3, 0.4) is 0 Å². The molecular weight excluding hydrogens is 238 g/mol. The molecule has 0 amide bonds. The molecule has 98 valence electrons. The number of rotatable bonds is 4. The minimum Gasteiger partial charge on any atom is -0.427 e. The van der Waals surface area contributed by atoms with Gasteiger partial charge in [0, 0.05) is 25.2 Å². The van der Waals surface area contributed by atoms with Gasteiger partial charge in [0.2, 0.25) is 0 Å². The van der Waals surface area contributed by atoms with Crippen molar-refractivity contribution in [3.05, 3.63) is 59.7 Å². The highest BCUT2D eigenvalue weighted by Gasteiger charge is 2.01. The van der Waals surface area contributed by atoms with Crippen LogP contribution in [0.4, 0.5) is 5.69 Å². The second-order valence-electron chi connectivity index (χ2n) is 4.40. The Kier molecular flexibility index (Phi) is 4.18. The van der Waals surface area contributed by atoms with Crippen LogP contribution in [0.25, 0.3) is 0 Å². The highest BCUT2D eigenvalue weighted by atomic mass is 16.5. The van der Waals surface area contributed by atoms with E-state index in [0.29, 0.717) is 5.75 Å². The molecular formula is C16H17NO2. The van der Waals surface area contributed by atoms with Crippen molar-refractivity contribution in [3.8, 4) is 5.75 Å². The van der Waals surface area contributed by atoms with Crippen molar-refractivity contribution >= 4 is 11.7 Å². The lowest BCUT2D eigenvalue weighted by Crippen LogP contribution is -2.03. The summed E-state index contributed by atoms with van der Waals surface area (Å²) >= 11 is 0. The number of hydrogen-bond acceptors (Lipinski definition) is 3. The molecule has 2 aromatic carbocycles. The van der Waals surface area contributed by atoms with E-state index in [9.17, 15) is 4.79 Å². The summed E-state index contributed by atoms with van der Waals surface area (Å²) in [5.41, 5.74) is 3.44. The lowest BCUT2D eigenvalue weighted by atomic mass is 10.1. The van der Waals surface area contributed by atoms with Crippen LogP contribution in [0.5, 0.6) is 5.75 Å². The van der Waals surface area contributed by atoms with E-state index in [1.54, 1.807) is 6.07 Å². The summed E-state index contributed by atoms with van der Waals surface area (Å²) in [6.45, 7) is 4.23. The zero-order valence-electron chi connectivity index (χ0n) is 11.1. The van der Waals surface area contributed by atoms with E-state index in [2.05, 4.69) is 24.4 Å². The molecule has 0 bridgehead atoms. The van der Waals surface area contributed by atoms with Crippen molar-refractivity contribution in [2.45, 2.75) is 20.4 Å². The fourth-order valence-corrected chi connectivity index (χ4v) is 1.84. The summed E-state index contributed by atoms with van der Waals surface area (Å²) in [5, 5.41) is 3.32. The van der Waals surface area contributed by atoms with Crippen LogP contribution >= 0.6 is 0 Å². The molecule has 0 aliphatic carbocycles. The number of ether oxygens (including phenoxy) is 1. The lowest BCUT2D eigenvalue weighted by Gasteiger charge is -2.10. The Morgan fingerprint density at radius 2 is 1.95 bits per heavy atom. The molecule has 2 rings (SSSR count). The Morgan fingerprint density at radius 3 is 2.68 bits per heavy atom. The smallest absolute Gasteiger partial charge is 0.308 e. The number of carbonyl (C=O) groups excluding carboxylic acids is 1. The zero-order chi connectivity index (χ0) is 13.7. The van der Waals surface area contributed by atoms with Crippen LogP contribution in [0.1, 0.15) is 18.1 Å². The second-order valence-corrected chi connectivity index (χ2v) is 4.40. The predicted octanol–water partition coefficient (Wildman–Crippen LogP) is 3.53. The summed E-state index contributed by atoms with van der Waals surface area (Å²) < 4.78 is 5.05. The quantitative estimate of drug-likeness (QED) is 0.671. The van der Waals surface area contributed by atoms with Gasteiger partial charge >= 0.3 is 5.97 Å². The average molecular weight is 255 g/mol. The minimum absolute atomic E-state index is 0.309. The van der Waals surface area contributed by atoms with Crippen LogP contribution in [0, 0.1) is 6.92 Å². The van der Waals surface area contributed by atoms with Crippen molar-refractivity contribution in [3.63, 3.8) is 0 Å². The molecule has 0 saturated carbocycles. The SMILES string of the molecule is CC(=O)Oc1cccc(NCc2ccccc2C)c1. The Balaban J connectivity index is 2.03.